The largest absolute Gasteiger partial charge is 0.449 e. The van der Waals surface area contributed by atoms with Gasteiger partial charge >= 0.3 is 0 Å². The topological polar surface area (TPSA) is 51.8 Å². The molecule has 0 bridgehead atoms. The van der Waals surface area contributed by atoms with Crippen LogP contribution in [0.25, 0.3) is 0 Å². The predicted octanol–water partition coefficient (Wildman–Crippen LogP) is 6.91. The van der Waals surface area contributed by atoms with Crippen LogP contribution in [0.3, 0.4) is 0 Å². The third-order valence-corrected chi connectivity index (χ3v) is 4.02. The smallest absolute Gasteiger partial charge is 0.180 e. The van der Waals surface area contributed by atoms with E-state index >= 15 is 0 Å². The van der Waals surface area contributed by atoms with Crippen LogP contribution in [0.15, 0.2) is 70.6 Å². The Balaban J connectivity index is 0.000000324. The zero-order chi connectivity index (χ0) is 20.3. The van der Waals surface area contributed by atoms with Crippen molar-refractivity contribution < 1.29 is 4.42 Å². The lowest BCUT2D eigenvalue weighted by Crippen LogP contribution is -1.62. The van der Waals surface area contributed by atoms with E-state index in [0.717, 1.165) is 10.8 Å². The maximum Gasteiger partial charge on any atom is 0.180 e. The molecule has 3 heterocycles. The number of rotatable bonds is 0. The lowest BCUT2D eigenvalue weighted by Gasteiger charge is -1.82. The van der Waals surface area contributed by atoms with Crippen molar-refractivity contribution in [2.45, 2.75) is 41.5 Å². The van der Waals surface area contributed by atoms with Gasteiger partial charge in [0.05, 0.1) is 16.7 Å². The molecule has 0 radical (unpaired) electrons. The van der Waals surface area contributed by atoms with Gasteiger partial charge in [-0.3, -0.25) is 9.97 Å². The van der Waals surface area contributed by atoms with E-state index in [4.69, 9.17) is 4.42 Å². The summed E-state index contributed by atoms with van der Waals surface area (Å²) in [7, 11) is 0. The molecular formula is C21H29N3OS2. The van der Waals surface area contributed by atoms with Gasteiger partial charge in [0.25, 0.3) is 0 Å². The van der Waals surface area contributed by atoms with Crippen LogP contribution in [0.2, 0.25) is 0 Å². The summed E-state index contributed by atoms with van der Waals surface area (Å²) < 4.78 is 4.72. The van der Waals surface area contributed by atoms with Crippen LogP contribution in [-0.2, 0) is 0 Å². The van der Waals surface area contributed by atoms with E-state index in [1.54, 1.807) is 35.1 Å². The van der Waals surface area contributed by atoms with E-state index in [1.807, 2.05) is 69.9 Å². The molecule has 0 unspecified atom stereocenters. The van der Waals surface area contributed by atoms with E-state index in [-0.39, 0.29) is 0 Å². The van der Waals surface area contributed by atoms with Crippen molar-refractivity contribution in [3.8, 4) is 0 Å². The van der Waals surface area contributed by atoms with Gasteiger partial charge in [0, 0.05) is 22.7 Å². The number of nitrogens with zero attached hydrogens (tertiary/aromatic N) is 3. The second kappa shape index (κ2) is 17.1. The van der Waals surface area contributed by atoms with Crippen molar-refractivity contribution in [3.05, 3.63) is 87.4 Å². The summed E-state index contributed by atoms with van der Waals surface area (Å²) in [4.78, 5) is 12.7. The molecule has 1 aromatic carbocycles. The van der Waals surface area contributed by atoms with Gasteiger partial charge < -0.3 is 4.42 Å². The second-order valence-corrected chi connectivity index (χ2v) is 7.12. The van der Waals surface area contributed by atoms with Gasteiger partial charge in [-0.1, -0.05) is 49.7 Å². The molecule has 0 N–H and O–H groups in total. The Morgan fingerprint density at radius 2 is 1.56 bits per heavy atom. The Hall–Kier alpha value is -2.31. The normalized spacial score (nSPS) is 8.37. The van der Waals surface area contributed by atoms with Crippen LogP contribution in [0.1, 0.15) is 35.1 Å². The molecule has 4 aromatic rings. The standard InChI is InChI=1S/C7H8.C4H5NO.2C4H5NS.C2H6/c1-7-5-3-2-4-6-7;2*1-4-2-5-3-6-4;1-4-5-2-3-6-4;1-2/h2-6H,1H3;3*2-3H,1H3;1-2H3. The highest BCUT2D eigenvalue weighted by Gasteiger charge is 1.78. The van der Waals surface area contributed by atoms with Gasteiger partial charge in [0.2, 0.25) is 0 Å². The molecule has 0 atom stereocenters. The highest BCUT2D eigenvalue weighted by Crippen LogP contribution is 2.00. The van der Waals surface area contributed by atoms with Crippen molar-refractivity contribution in [2.75, 3.05) is 0 Å². The minimum atomic E-state index is 0.856. The molecule has 6 heteroatoms. The molecule has 0 aliphatic heterocycles. The molecule has 0 aliphatic rings. The maximum absolute atomic E-state index is 4.72. The average molecular weight is 404 g/mol. The molecule has 0 aliphatic carbocycles. The Kier molecular flexibility index (Phi) is 15.7. The minimum Gasteiger partial charge on any atom is -0.449 e. The summed E-state index contributed by atoms with van der Waals surface area (Å²) >= 11 is 3.33. The first kappa shape index (κ1) is 24.7. The number of aromatic nitrogens is 3. The van der Waals surface area contributed by atoms with E-state index in [1.165, 1.54) is 16.8 Å². The first-order chi connectivity index (χ1) is 13.1. The average Bonchev–Trinajstić information content (AvgIpc) is 3.45. The van der Waals surface area contributed by atoms with E-state index in [9.17, 15) is 0 Å². The lowest BCUT2D eigenvalue weighted by atomic mass is 10.2. The molecular weight excluding hydrogens is 374 g/mol. The van der Waals surface area contributed by atoms with Gasteiger partial charge in [0.15, 0.2) is 6.39 Å². The van der Waals surface area contributed by atoms with Gasteiger partial charge in [-0.15, -0.1) is 22.7 Å². The van der Waals surface area contributed by atoms with Crippen molar-refractivity contribution in [3.63, 3.8) is 0 Å². The Morgan fingerprint density at radius 3 is 1.74 bits per heavy atom. The van der Waals surface area contributed by atoms with Gasteiger partial charge in [-0.25, -0.2) is 4.98 Å². The number of aryl methyl sites for hydroxylation is 4. The molecule has 3 aromatic heterocycles. The highest BCUT2D eigenvalue weighted by atomic mass is 32.1. The maximum atomic E-state index is 4.72. The first-order valence-electron chi connectivity index (χ1n) is 8.66. The SMILES string of the molecule is CC.Cc1ccccc1.Cc1cnco1.Cc1cncs1.Cc1nccs1. The quantitative estimate of drug-likeness (QED) is 0.320. The van der Waals surface area contributed by atoms with Crippen LogP contribution in [0.4, 0.5) is 0 Å². The summed E-state index contributed by atoms with van der Waals surface area (Å²) in [6.45, 7) is 12.0. The molecule has 0 amide bonds. The third kappa shape index (κ3) is 15.6. The zero-order valence-corrected chi connectivity index (χ0v) is 18.6. The van der Waals surface area contributed by atoms with Gasteiger partial charge in [-0.2, -0.15) is 0 Å². The Morgan fingerprint density at radius 1 is 0.852 bits per heavy atom. The monoisotopic (exact) mass is 403 g/mol. The molecule has 0 saturated heterocycles. The predicted molar refractivity (Wildman–Crippen MR) is 117 cm³/mol. The fourth-order valence-electron chi connectivity index (χ4n) is 1.39. The molecule has 0 saturated carbocycles. The first-order valence-corrected chi connectivity index (χ1v) is 10.4. The summed E-state index contributed by atoms with van der Waals surface area (Å²) in [6, 6.07) is 10.3. The Labute approximate surface area is 171 Å². The van der Waals surface area contributed by atoms with Crippen LogP contribution in [-0.4, -0.2) is 15.0 Å². The fourth-order valence-corrected chi connectivity index (χ4v) is 2.24. The third-order valence-electron chi connectivity index (χ3n) is 2.61. The van der Waals surface area contributed by atoms with Gasteiger partial charge in [0.1, 0.15) is 5.76 Å². The van der Waals surface area contributed by atoms with Crippen LogP contribution < -0.4 is 0 Å². The van der Waals surface area contributed by atoms with Crippen molar-refractivity contribution in [2.24, 2.45) is 0 Å². The van der Waals surface area contributed by atoms with Gasteiger partial charge in [-0.05, 0) is 27.7 Å². The Bertz CT molecular complexity index is 662. The molecule has 27 heavy (non-hydrogen) atoms. The summed E-state index contributed by atoms with van der Waals surface area (Å²) in [6.07, 6.45) is 6.74. The molecule has 146 valence electrons. The fraction of sp³-hybridized carbons (Fsp3) is 0.286. The molecule has 4 rings (SSSR count). The minimum absolute atomic E-state index is 0.856. The van der Waals surface area contributed by atoms with Crippen LogP contribution in [0.5, 0.6) is 0 Å². The number of thiazole rings is 2. The number of hydrogen-bond donors (Lipinski definition) is 0. The number of oxazole rings is 1. The molecule has 0 fully saturated rings. The zero-order valence-electron chi connectivity index (χ0n) is 16.9. The second-order valence-electron chi connectivity index (χ2n) is 4.93. The van der Waals surface area contributed by atoms with Crippen molar-refractivity contribution in [1.29, 1.82) is 0 Å². The van der Waals surface area contributed by atoms with Crippen molar-refractivity contribution >= 4 is 22.7 Å². The molecule has 0 spiro atoms. The number of hydrogen-bond acceptors (Lipinski definition) is 6. The van der Waals surface area contributed by atoms with Crippen LogP contribution in [0, 0.1) is 27.7 Å². The molecule has 4 nitrogen and oxygen atoms in total. The summed E-state index contributed by atoms with van der Waals surface area (Å²) in [5, 5.41) is 3.10. The van der Waals surface area contributed by atoms with E-state index in [0.29, 0.717) is 0 Å². The summed E-state index contributed by atoms with van der Waals surface area (Å²) in [5.41, 5.74) is 3.15. The van der Waals surface area contributed by atoms with E-state index < -0.39 is 0 Å². The summed E-state index contributed by atoms with van der Waals surface area (Å²) in [5.74, 6) is 0.856. The highest BCUT2D eigenvalue weighted by molar-refractivity contribution is 7.09. The van der Waals surface area contributed by atoms with Crippen LogP contribution >= 0.6 is 22.7 Å². The lowest BCUT2D eigenvalue weighted by molar-refractivity contribution is 0.527. The van der Waals surface area contributed by atoms with Crippen molar-refractivity contribution in [1.82, 2.24) is 15.0 Å². The van der Waals surface area contributed by atoms with E-state index in [2.05, 4.69) is 34.0 Å². The number of benzene rings is 1.